The quantitative estimate of drug-likeness (QED) is 0.393. The monoisotopic (exact) mass is 123 g/mol. The summed E-state index contributed by atoms with van der Waals surface area (Å²) in [6.45, 7) is 2.19. The summed E-state index contributed by atoms with van der Waals surface area (Å²) >= 11 is 0. The molecule has 50 valence electrons. The third-order valence-electron chi connectivity index (χ3n) is 1.80. The van der Waals surface area contributed by atoms with Gasteiger partial charge in [0.1, 0.15) is 0 Å². The minimum Gasteiger partial charge on any atom is -0.300 e. The first-order valence-electron chi connectivity index (χ1n) is 3.46. The summed E-state index contributed by atoms with van der Waals surface area (Å²) in [5.74, 6) is 0.587. The molecule has 0 saturated carbocycles. The Bertz CT molecular complexity index is 145. The van der Waals surface area contributed by atoms with E-state index in [1.165, 1.54) is 12.8 Å². The molecule has 0 amide bonds. The van der Waals surface area contributed by atoms with E-state index in [4.69, 9.17) is 0 Å². The zero-order valence-corrected chi connectivity index (χ0v) is 6.09. The van der Waals surface area contributed by atoms with E-state index in [1.54, 1.807) is 5.57 Å². The van der Waals surface area contributed by atoms with Gasteiger partial charge in [0, 0.05) is 19.2 Å². The molecule has 0 aliphatic heterocycles. The molecule has 1 heteroatoms. The van der Waals surface area contributed by atoms with Gasteiger partial charge in [-0.05, 0) is 12.8 Å². The molecular formula is C8H13N. The summed E-state index contributed by atoms with van der Waals surface area (Å²) in [7, 11) is 1.83. The molecule has 0 bridgehead atoms. The van der Waals surface area contributed by atoms with Crippen LogP contribution in [0.2, 0.25) is 0 Å². The predicted molar refractivity (Wildman–Crippen MR) is 40.9 cm³/mol. The van der Waals surface area contributed by atoms with Gasteiger partial charge in [-0.2, -0.15) is 0 Å². The van der Waals surface area contributed by atoms with Crippen molar-refractivity contribution in [3.05, 3.63) is 11.6 Å². The Morgan fingerprint density at radius 2 is 2.44 bits per heavy atom. The van der Waals surface area contributed by atoms with E-state index in [1.807, 2.05) is 13.3 Å². The lowest BCUT2D eigenvalue weighted by Crippen LogP contribution is -2.06. The summed E-state index contributed by atoms with van der Waals surface area (Å²) < 4.78 is 0. The zero-order chi connectivity index (χ0) is 6.69. The average molecular weight is 123 g/mol. The summed E-state index contributed by atoms with van der Waals surface area (Å²) in [5, 5.41) is 0. The van der Waals surface area contributed by atoms with E-state index in [-0.39, 0.29) is 0 Å². The lowest BCUT2D eigenvalue weighted by molar-refractivity contribution is 0.752. The summed E-state index contributed by atoms with van der Waals surface area (Å²) in [6, 6.07) is 0. The third-order valence-corrected chi connectivity index (χ3v) is 1.80. The van der Waals surface area contributed by atoms with Crippen molar-refractivity contribution < 1.29 is 0 Å². The second-order valence-electron chi connectivity index (χ2n) is 2.51. The van der Waals surface area contributed by atoms with Gasteiger partial charge in [0.25, 0.3) is 0 Å². The van der Waals surface area contributed by atoms with Crippen LogP contribution in [0.3, 0.4) is 0 Å². The molecular weight excluding hydrogens is 110 g/mol. The molecule has 0 aromatic heterocycles. The Balaban J connectivity index is 2.42. The molecule has 0 aromatic carbocycles. The van der Waals surface area contributed by atoms with Gasteiger partial charge in [-0.3, -0.25) is 0 Å². The lowest BCUT2D eigenvalue weighted by atomic mass is 9.89. The molecule has 9 heavy (non-hydrogen) atoms. The summed E-state index contributed by atoms with van der Waals surface area (Å²) in [5.41, 5.74) is 1.56. The highest BCUT2D eigenvalue weighted by Crippen LogP contribution is 2.24. The third kappa shape index (κ3) is 1.41. The van der Waals surface area contributed by atoms with Crippen molar-refractivity contribution in [3.63, 3.8) is 0 Å². The molecule has 0 aromatic rings. The van der Waals surface area contributed by atoms with Crippen molar-refractivity contribution in [2.45, 2.75) is 19.8 Å². The molecule has 0 saturated heterocycles. The Labute approximate surface area is 56.5 Å². The van der Waals surface area contributed by atoms with Gasteiger partial charge in [-0.15, -0.1) is 0 Å². The minimum atomic E-state index is 0.587. The van der Waals surface area contributed by atoms with E-state index in [0.29, 0.717) is 5.92 Å². The van der Waals surface area contributed by atoms with Crippen molar-refractivity contribution in [2.75, 3.05) is 7.05 Å². The second-order valence-corrected chi connectivity index (χ2v) is 2.51. The molecule has 1 unspecified atom stereocenters. The molecule has 0 N–H and O–H groups in total. The number of hydrogen-bond donors (Lipinski definition) is 0. The van der Waals surface area contributed by atoms with Crippen LogP contribution >= 0.6 is 0 Å². The topological polar surface area (TPSA) is 12.4 Å². The maximum Gasteiger partial charge on any atom is 0.0273 e. The smallest absolute Gasteiger partial charge is 0.0273 e. The Hall–Kier alpha value is -0.590. The molecule has 0 heterocycles. The highest BCUT2D eigenvalue weighted by atomic mass is 14.6. The standard InChI is InChI=1S/C8H13N/c1-7(6-9-2)8-4-3-5-8/h4,6-7H,3,5H2,1-2H3. The van der Waals surface area contributed by atoms with Crippen molar-refractivity contribution in [1.29, 1.82) is 0 Å². The van der Waals surface area contributed by atoms with E-state index in [0.717, 1.165) is 0 Å². The van der Waals surface area contributed by atoms with Crippen LogP contribution in [0.4, 0.5) is 0 Å². The van der Waals surface area contributed by atoms with Gasteiger partial charge in [0.05, 0.1) is 0 Å². The largest absolute Gasteiger partial charge is 0.300 e. The van der Waals surface area contributed by atoms with Crippen molar-refractivity contribution in [2.24, 2.45) is 10.9 Å². The van der Waals surface area contributed by atoms with Crippen LogP contribution in [0.1, 0.15) is 19.8 Å². The second kappa shape index (κ2) is 2.81. The van der Waals surface area contributed by atoms with Crippen molar-refractivity contribution in [1.82, 2.24) is 0 Å². The number of allylic oxidation sites excluding steroid dienone is 2. The van der Waals surface area contributed by atoms with E-state index in [2.05, 4.69) is 18.0 Å². The number of aliphatic imine (C=N–C) groups is 1. The highest BCUT2D eigenvalue weighted by molar-refractivity contribution is 5.64. The number of hydrogen-bond acceptors (Lipinski definition) is 1. The Morgan fingerprint density at radius 3 is 2.78 bits per heavy atom. The Morgan fingerprint density at radius 1 is 1.78 bits per heavy atom. The van der Waals surface area contributed by atoms with Gasteiger partial charge < -0.3 is 4.99 Å². The first-order valence-corrected chi connectivity index (χ1v) is 3.46. The van der Waals surface area contributed by atoms with E-state index >= 15 is 0 Å². The van der Waals surface area contributed by atoms with E-state index in [9.17, 15) is 0 Å². The van der Waals surface area contributed by atoms with Gasteiger partial charge in [-0.25, -0.2) is 0 Å². The molecule has 1 atom stereocenters. The van der Waals surface area contributed by atoms with Gasteiger partial charge >= 0.3 is 0 Å². The molecule has 0 radical (unpaired) electrons. The van der Waals surface area contributed by atoms with Crippen LogP contribution in [0.15, 0.2) is 16.6 Å². The fraction of sp³-hybridized carbons (Fsp3) is 0.625. The molecule has 1 aliphatic rings. The average Bonchev–Trinajstić information content (AvgIpc) is 1.60. The maximum atomic E-state index is 3.97. The van der Waals surface area contributed by atoms with Crippen LogP contribution in [-0.4, -0.2) is 13.3 Å². The molecule has 0 fully saturated rings. The van der Waals surface area contributed by atoms with Gasteiger partial charge in [0.2, 0.25) is 0 Å². The van der Waals surface area contributed by atoms with Crippen LogP contribution in [-0.2, 0) is 0 Å². The van der Waals surface area contributed by atoms with Crippen LogP contribution < -0.4 is 0 Å². The first kappa shape index (κ1) is 6.53. The normalized spacial score (nSPS) is 21.3. The lowest BCUT2D eigenvalue weighted by Gasteiger charge is -2.17. The fourth-order valence-electron chi connectivity index (χ4n) is 1.04. The highest BCUT2D eigenvalue weighted by Gasteiger charge is 2.10. The van der Waals surface area contributed by atoms with Gasteiger partial charge in [-0.1, -0.05) is 18.6 Å². The number of nitrogens with zero attached hydrogens (tertiary/aromatic N) is 1. The number of rotatable bonds is 2. The van der Waals surface area contributed by atoms with Gasteiger partial charge in [0.15, 0.2) is 0 Å². The SMILES string of the molecule is CN=CC(C)C1=CCC1. The van der Waals surface area contributed by atoms with Crippen LogP contribution in [0.5, 0.6) is 0 Å². The predicted octanol–water partition coefficient (Wildman–Crippen LogP) is 2.04. The maximum absolute atomic E-state index is 3.97. The zero-order valence-electron chi connectivity index (χ0n) is 6.09. The molecule has 1 nitrogen and oxygen atoms in total. The first-order chi connectivity index (χ1) is 4.34. The molecule has 0 spiro atoms. The van der Waals surface area contributed by atoms with Crippen LogP contribution in [0, 0.1) is 5.92 Å². The molecule has 1 rings (SSSR count). The summed E-state index contributed by atoms with van der Waals surface area (Å²) in [4.78, 5) is 3.97. The Kier molecular flexibility index (Phi) is 2.04. The fourth-order valence-corrected chi connectivity index (χ4v) is 1.04. The summed E-state index contributed by atoms with van der Waals surface area (Å²) in [6.07, 6.45) is 6.86. The van der Waals surface area contributed by atoms with Crippen molar-refractivity contribution >= 4 is 6.21 Å². The minimum absolute atomic E-state index is 0.587. The van der Waals surface area contributed by atoms with Crippen LogP contribution in [0.25, 0.3) is 0 Å². The molecule has 1 aliphatic carbocycles. The van der Waals surface area contributed by atoms with Crippen molar-refractivity contribution in [3.8, 4) is 0 Å². The van der Waals surface area contributed by atoms with E-state index < -0.39 is 0 Å².